The van der Waals surface area contributed by atoms with Crippen LogP contribution in [0.25, 0.3) is 6.08 Å². The molecule has 0 bridgehead atoms. The van der Waals surface area contributed by atoms with Crippen LogP contribution in [0.1, 0.15) is 22.7 Å². The van der Waals surface area contributed by atoms with Crippen LogP contribution in [0.3, 0.4) is 0 Å². The lowest BCUT2D eigenvalue weighted by Gasteiger charge is -2.05. The lowest BCUT2D eigenvalue weighted by molar-refractivity contribution is 0.636. The molecule has 1 aliphatic rings. The van der Waals surface area contributed by atoms with Crippen molar-refractivity contribution in [2.75, 3.05) is 0 Å². The first kappa shape index (κ1) is 13.3. The lowest BCUT2D eigenvalue weighted by atomic mass is 10.1. The van der Waals surface area contributed by atoms with Crippen molar-refractivity contribution in [1.82, 2.24) is 15.0 Å². The molecule has 4 heteroatoms. The molecular weight excluding hydrogens is 361 g/mol. The topological polar surface area (TPSA) is 30.7 Å². The maximum absolute atomic E-state index is 4.31. The molecule has 0 amide bonds. The lowest BCUT2D eigenvalue weighted by Crippen LogP contribution is -2.04. The van der Waals surface area contributed by atoms with E-state index < -0.39 is 0 Å². The fourth-order valence-electron chi connectivity index (χ4n) is 2.17. The minimum Gasteiger partial charge on any atom is -0.234 e. The van der Waals surface area contributed by atoms with Crippen molar-refractivity contribution in [2.24, 2.45) is 0 Å². The highest BCUT2D eigenvalue weighted by atomic mass is 127. The SMILES string of the molecule is C=Cc1ccc(Cn2nnc(C3C=CC=C3)c2I)cc1. The van der Waals surface area contributed by atoms with Gasteiger partial charge in [-0.15, -0.1) is 5.10 Å². The van der Waals surface area contributed by atoms with E-state index in [9.17, 15) is 0 Å². The van der Waals surface area contributed by atoms with Gasteiger partial charge in [-0.3, -0.25) is 0 Å². The van der Waals surface area contributed by atoms with Crippen molar-refractivity contribution in [1.29, 1.82) is 0 Å². The fourth-order valence-corrected chi connectivity index (χ4v) is 2.90. The Morgan fingerprint density at radius 1 is 1.20 bits per heavy atom. The second kappa shape index (κ2) is 5.75. The summed E-state index contributed by atoms with van der Waals surface area (Å²) in [5.41, 5.74) is 3.37. The summed E-state index contributed by atoms with van der Waals surface area (Å²) in [4.78, 5) is 0. The largest absolute Gasteiger partial charge is 0.234 e. The summed E-state index contributed by atoms with van der Waals surface area (Å²) in [5, 5.41) is 8.58. The van der Waals surface area contributed by atoms with E-state index in [1.165, 1.54) is 5.56 Å². The molecule has 0 radical (unpaired) electrons. The molecule has 0 atom stereocenters. The van der Waals surface area contributed by atoms with Gasteiger partial charge in [-0.1, -0.05) is 66.4 Å². The average molecular weight is 375 g/mol. The van der Waals surface area contributed by atoms with Crippen LogP contribution >= 0.6 is 22.6 Å². The van der Waals surface area contributed by atoms with Gasteiger partial charge in [-0.25, -0.2) is 4.68 Å². The number of rotatable bonds is 4. The number of nitrogens with zero attached hydrogens (tertiary/aromatic N) is 3. The molecular formula is C16H14IN3. The van der Waals surface area contributed by atoms with E-state index in [1.54, 1.807) is 0 Å². The Balaban J connectivity index is 1.82. The third-order valence-corrected chi connectivity index (χ3v) is 4.42. The smallest absolute Gasteiger partial charge is 0.124 e. The summed E-state index contributed by atoms with van der Waals surface area (Å²) in [6.07, 6.45) is 10.2. The van der Waals surface area contributed by atoms with Gasteiger partial charge in [0.25, 0.3) is 0 Å². The molecule has 0 saturated carbocycles. The second-order valence-electron chi connectivity index (χ2n) is 4.66. The quantitative estimate of drug-likeness (QED) is 0.762. The maximum Gasteiger partial charge on any atom is 0.124 e. The highest BCUT2D eigenvalue weighted by Gasteiger charge is 2.17. The van der Waals surface area contributed by atoms with Crippen LogP contribution in [-0.2, 0) is 6.54 Å². The van der Waals surface area contributed by atoms with Gasteiger partial charge in [0.1, 0.15) is 9.39 Å². The average Bonchev–Trinajstić information content (AvgIpc) is 3.11. The molecule has 1 heterocycles. The van der Waals surface area contributed by atoms with Gasteiger partial charge in [0, 0.05) is 5.92 Å². The van der Waals surface area contributed by atoms with Crippen LogP contribution in [0.2, 0.25) is 0 Å². The number of benzene rings is 1. The van der Waals surface area contributed by atoms with Gasteiger partial charge < -0.3 is 0 Å². The van der Waals surface area contributed by atoms with Crippen molar-refractivity contribution in [3.8, 4) is 0 Å². The highest BCUT2D eigenvalue weighted by Crippen LogP contribution is 2.25. The maximum atomic E-state index is 4.31. The second-order valence-corrected chi connectivity index (χ2v) is 5.69. The van der Waals surface area contributed by atoms with Crippen molar-refractivity contribution in [3.63, 3.8) is 0 Å². The van der Waals surface area contributed by atoms with Gasteiger partial charge in [0.05, 0.1) is 6.54 Å². The molecule has 1 aliphatic carbocycles. The molecule has 0 N–H and O–H groups in total. The molecule has 20 heavy (non-hydrogen) atoms. The molecule has 0 saturated heterocycles. The standard InChI is InChI=1S/C16H14IN3/c1-2-12-7-9-13(10-8-12)11-20-16(17)15(18-19-20)14-5-3-4-6-14/h2-10,14H,1,11H2. The van der Waals surface area contributed by atoms with E-state index in [-0.39, 0.29) is 5.92 Å². The number of halogens is 1. The molecule has 2 aromatic rings. The predicted molar refractivity (Wildman–Crippen MR) is 89.4 cm³/mol. The Hall–Kier alpha value is -1.69. The Morgan fingerprint density at radius 2 is 1.90 bits per heavy atom. The molecule has 100 valence electrons. The van der Waals surface area contributed by atoms with E-state index >= 15 is 0 Å². The Bertz CT molecular complexity index is 668. The number of hydrogen-bond donors (Lipinski definition) is 0. The molecule has 0 aliphatic heterocycles. The van der Waals surface area contributed by atoms with Crippen molar-refractivity contribution < 1.29 is 0 Å². The molecule has 0 spiro atoms. The Labute approximate surface area is 131 Å². The third kappa shape index (κ3) is 2.60. The van der Waals surface area contributed by atoms with E-state index in [2.05, 4.69) is 75.9 Å². The van der Waals surface area contributed by atoms with Crippen LogP contribution < -0.4 is 0 Å². The van der Waals surface area contributed by atoms with Crippen LogP contribution in [-0.4, -0.2) is 15.0 Å². The monoisotopic (exact) mass is 375 g/mol. The van der Waals surface area contributed by atoms with E-state index in [0.717, 1.165) is 21.5 Å². The van der Waals surface area contributed by atoms with Gasteiger partial charge in [0.2, 0.25) is 0 Å². The van der Waals surface area contributed by atoms with Crippen LogP contribution in [0.5, 0.6) is 0 Å². The summed E-state index contributed by atoms with van der Waals surface area (Å²) in [5.74, 6) is 0.263. The minimum atomic E-state index is 0.263. The van der Waals surface area contributed by atoms with Gasteiger partial charge >= 0.3 is 0 Å². The number of allylic oxidation sites excluding steroid dienone is 4. The van der Waals surface area contributed by atoms with Crippen molar-refractivity contribution >= 4 is 28.7 Å². The predicted octanol–water partition coefficient (Wildman–Crippen LogP) is 3.78. The number of hydrogen-bond acceptors (Lipinski definition) is 2. The van der Waals surface area contributed by atoms with Gasteiger partial charge in [-0.05, 0) is 33.7 Å². The summed E-state index contributed by atoms with van der Waals surface area (Å²) >= 11 is 2.32. The zero-order valence-electron chi connectivity index (χ0n) is 10.9. The Morgan fingerprint density at radius 3 is 2.55 bits per heavy atom. The molecule has 1 aromatic carbocycles. The van der Waals surface area contributed by atoms with Crippen molar-refractivity contribution in [3.05, 3.63) is 75.7 Å². The van der Waals surface area contributed by atoms with Gasteiger partial charge in [-0.2, -0.15) is 0 Å². The van der Waals surface area contributed by atoms with Crippen LogP contribution in [0.4, 0.5) is 0 Å². The molecule has 1 aromatic heterocycles. The molecule has 3 rings (SSSR count). The summed E-state index contributed by atoms with van der Waals surface area (Å²) < 4.78 is 3.04. The Kier molecular flexibility index (Phi) is 3.82. The minimum absolute atomic E-state index is 0.263. The summed E-state index contributed by atoms with van der Waals surface area (Å²) in [6, 6.07) is 8.33. The zero-order valence-corrected chi connectivity index (χ0v) is 13.1. The van der Waals surface area contributed by atoms with E-state index in [1.807, 2.05) is 22.9 Å². The van der Waals surface area contributed by atoms with Crippen LogP contribution in [0, 0.1) is 3.70 Å². The fraction of sp³-hybridized carbons (Fsp3) is 0.125. The highest BCUT2D eigenvalue weighted by molar-refractivity contribution is 14.1. The van der Waals surface area contributed by atoms with Crippen LogP contribution in [0.15, 0.2) is 55.1 Å². The zero-order chi connectivity index (χ0) is 13.9. The van der Waals surface area contributed by atoms with Gasteiger partial charge in [0.15, 0.2) is 0 Å². The van der Waals surface area contributed by atoms with E-state index in [4.69, 9.17) is 0 Å². The summed E-state index contributed by atoms with van der Waals surface area (Å²) in [7, 11) is 0. The molecule has 3 nitrogen and oxygen atoms in total. The third-order valence-electron chi connectivity index (χ3n) is 3.31. The molecule has 0 unspecified atom stereocenters. The number of aromatic nitrogens is 3. The van der Waals surface area contributed by atoms with E-state index in [0.29, 0.717) is 0 Å². The first-order valence-corrected chi connectivity index (χ1v) is 7.51. The first-order valence-electron chi connectivity index (χ1n) is 6.43. The normalized spacial score (nSPS) is 14.1. The van der Waals surface area contributed by atoms with Crippen molar-refractivity contribution in [2.45, 2.75) is 12.5 Å². The summed E-state index contributed by atoms with van der Waals surface area (Å²) in [6.45, 7) is 4.50. The molecule has 0 fully saturated rings. The first-order chi connectivity index (χ1) is 9.78.